The van der Waals surface area contributed by atoms with Gasteiger partial charge in [-0.15, -0.1) is 10.2 Å². The summed E-state index contributed by atoms with van der Waals surface area (Å²) in [6.45, 7) is 2.07. The second-order valence-electron chi connectivity index (χ2n) is 8.01. The predicted molar refractivity (Wildman–Crippen MR) is 127 cm³/mol. The van der Waals surface area contributed by atoms with Crippen LogP contribution in [0.1, 0.15) is 49.3 Å². The number of aromatic nitrogens is 3. The minimum absolute atomic E-state index is 0.155. The average molecular weight is 450 g/mol. The van der Waals surface area contributed by atoms with Gasteiger partial charge in [0.05, 0.1) is 12.0 Å². The summed E-state index contributed by atoms with van der Waals surface area (Å²) >= 11 is 1.38. The summed E-state index contributed by atoms with van der Waals surface area (Å²) in [6.07, 6.45) is 7.37. The number of amides is 1. The van der Waals surface area contributed by atoms with Crippen molar-refractivity contribution in [3.05, 3.63) is 59.7 Å². The van der Waals surface area contributed by atoms with E-state index in [1.54, 1.807) is 24.3 Å². The van der Waals surface area contributed by atoms with Gasteiger partial charge in [-0.05, 0) is 37.5 Å². The lowest BCUT2D eigenvalue weighted by molar-refractivity contribution is -0.118. The Kier molecular flexibility index (Phi) is 7.21. The molecule has 1 heterocycles. The first-order valence-electron chi connectivity index (χ1n) is 10.9. The molecule has 1 aromatic heterocycles. The van der Waals surface area contributed by atoms with Gasteiger partial charge in [-0.2, -0.15) is 5.10 Å². The molecule has 1 aliphatic carbocycles. The molecule has 32 heavy (non-hydrogen) atoms. The number of hydrogen-bond acceptors (Lipinski definition) is 6. The first kappa shape index (κ1) is 22.1. The first-order valence-corrected chi connectivity index (χ1v) is 11.8. The molecule has 2 N–H and O–H groups in total. The van der Waals surface area contributed by atoms with Crippen LogP contribution in [0.2, 0.25) is 0 Å². The monoisotopic (exact) mass is 449 g/mol. The van der Waals surface area contributed by atoms with Crippen LogP contribution in [0.4, 0.5) is 0 Å². The highest BCUT2D eigenvalue weighted by atomic mass is 32.2. The number of nitrogens with zero attached hydrogens (tertiary/aromatic N) is 4. The van der Waals surface area contributed by atoms with E-state index in [0.29, 0.717) is 11.6 Å². The summed E-state index contributed by atoms with van der Waals surface area (Å²) < 4.78 is 2.22. The Bertz CT molecular complexity index is 1090. The second-order valence-corrected chi connectivity index (χ2v) is 8.95. The number of aryl methyl sites for hydroxylation is 1. The third-order valence-corrected chi connectivity index (χ3v) is 6.46. The van der Waals surface area contributed by atoms with Crippen LogP contribution in [0, 0.1) is 6.92 Å². The van der Waals surface area contributed by atoms with Crippen LogP contribution in [0.15, 0.2) is 58.8 Å². The molecule has 1 amide bonds. The number of rotatable bonds is 7. The number of thioether (sulfide) groups is 1. The van der Waals surface area contributed by atoms with Gasteiger partial charge in [0.15, 0.2) is 11.0 Å². The number of hydrogen-bond donors (Lipinski definition) is 2. The Hall–Kier alpha value is -3.13. The number of benzene rings is 2. The van der Waals surface area contributed by atoms with E-state index in [0.717, 1.165) is 29.4 Å². The average Bonchev–Trinajstić information content (AvgIpc) is 3.23. The van der Waals surface area contributed by atoms with Gasteiger partial charge < -0.3 is 5.11 Å². The lowest BCUT2D eigenvalue weighted by Crippen LogP contribution is -2.20. The predicted octanol–water partition coefficient (Wildman–Crippen LogP) is 4.71. The Morgan fingerprint density at radius 2 is 1.97 bits per heavy atom. The van der Waals surface area contributed by atoms with Crippen LogP contribution in [0.25, 0.3) is 11.4 Å². The molecule has 0 aliphatic heterocycles. The lowest BCUT2D eigenvalue weighted by Gasteiger charge is -2.25. The molecule has 8 heteroatoms. The maximum Gasteiger partial charge on any atom is 0.250 e. The smallest absolute Gasteiger partial charge is 0.250 e. The summed E-state index contributed by atoms with van der Waals surface area (Å²) in [5.74, 6) is 0.987. The van der Waals surface area contributed by atoms with Gasteiger partial charge in [-0.25, -0.2) is 5.43 Å². The van der Waals surface area contributed by atoms with Crippen LogP contribution < -0.4 is 5.43 Å². The van der Waals surface area contributed by atoms with E-state index in [1.807, 2.05) is 0 Å². The van der Waals surface area contributed by atoms with Crippen LogP contribution >= 0.6 is 11.8 Å². The van der Waals surface area contributed by atoms with Crippen molar-refractivity contribution >= 4 is 23.9 Å². The third kappa shape index (κ3) is 5.56. The highest BCUT2D eigenvalue weighted by Gasteiger charge is 2.24. The molecule has 2 aromatic carbocycles. The molecule has 0 atom stereocenters. The second kappa shape index (κ2) is 10.5. The van der Waals surface area contributed by atoms with Crippen LogP contribution in [-0.4, -0.2) is 37.7 Å². The van der Waals surface area contributed by atoms with Crippen LogP contribution in [0.5, 0.6) is 5.75 Å². The summed E-state index contributed by atoms with van der Waals surface area (Å²) in [5, 5.41) is 23.2. The maximum absolute atomic E-state index is 12.3. The van der Waals surface area contributed by atoms with Gasteiger partial charge in [0, 0.05) is 11.6 Å². The molecule has 1 fully saturated rings. The van der Waals surface area contributed by atoms with Crippen molar-refractivity contribution in [1.29, 1.82) is 0 Å². The van der Waals surface area contributed by atoms with E-state index < -0.39 is 0 Å². The Labute approximate surface area is 192 Å². The number of hydrazone groups is 1. The fourth-order valence-corrected chi connectivity index (χ4v) is 4.69. The molecular weight excluding hydrogens is 422 g/mol. The minimum atomic E-state index is -0.221. The number of nitrogens with one attached hydrogen (secondary N) is 1. The molecule has 0 spiro atoms. The number of carbonyl (C=O) groups excluding carboxylic acids is 1. The lowest BCUT2D eigenvalue weighted by atomic mass is 9.95. The van der Waals surface area contributed by atoms with Crippen LogP contribution in [-0.2, 0) is 4.79 Å². The van der Waals surface area contributed by atoms with Crippen molar-refractivity contribution in [2.24, 2.45) is 5.10 Å². The molecule has 1 aliphatic rings. The van der Waals surface area contributed by atoms with Gasteiger partial charge in [-0.1, -0.05) is 73.0 Å². The van der Waals surface area contributed by atoms with E-state index in [9.17, 15) is 9.90 Å². The Morgan fingerprint density at radius 1 is 1.19 bits per heavy atom. The topological polar surface area (TPSA) is 92.4 Å². The van der Waals surface area contributed by atoms with Crippen molar-refractivity contribution in [2.75, 3.05) is 5.75 Å². The molecule has 166 valence electrons. The molecular formula is C24H27N5O2S. The van der Waals surface area contributed by atoms with Gasteiger partial charge in [0.25, 0.3) is 5.91 Å². The van der Waals surface area contributed by atoms with Crippen LogP contribution in [0.3, 0.4) is 0 Å². The summed E-state index contributed by atoms with van der Waals surface area (Å²) in [5.41, 5.74) is 5.49. The van der Waals surface area contributed by atoms with E-state index in [4.69, 9.17) is 0 Å². The largest absolute Gasteiger partial charge is 0.508 e. The zero-order valence-electron chi connectivity index (χ0n) is 18.1. The highest BCUT2D eigenvalue weighted by Crippen LogP contribution is 2.35. The van der Waals surface area contributed by atoms with Crippen molar-refractivity contribution in [3.63, 3.8) is 0 Å². The maximum atomic E-state index is 12.3. The van der Waals surface area contributed by atoms with Crippen molar-refractivity contribution in [3.8, 4) is 17.1 Å². The molecule has 7 nitrogen and oxygen atoms in total. The van der Waals surface area contributed by atoms with Gasteiger partial charge in [-0.3, -0.25) is 9.36 Å². The van der Waals surface area contributed by atoms with E-state index in [-0.39, 0.29) is 17.4 Å². The summed E-state index contributed by atoms with van der Waals surface area (Å²) in [6, 6.07) is 15.3. The molecule has 0 saturated heterocycles. The molecule has 0 bridgehead atoms. The number of phenols is 1. The van der Waals surface area contributed by atoms with Gasteiger partial charge >= 0.3 is 0 Å². The normalized spacial score (nSPS) is 14.7. The fraction of sp³-hybridized carbons (Fsp3) is 0.333. The van der Waals surface area contributed by atoms with Crippen molar-refractivity contribution in [2.45, 2.75) is 50.2 Å². The number of phenolic OH excluding ortho intramolecular Hbond substituents is 1. The quantitative estimate of drug-likeness (QED) is 0.310. The molecule has 3 aromatic rings. The van der Waals surface area contributed by atoms with E-state index in [2.05, 4.69) is 56.5 Å². The van der Waals surface area contributed by atoms with E-state index >= 15 is 0 Å². The first-order chi connectivity index (χ1) is 15.6. The van der Waals surface area contributed by atoms with Gasteiger partial charge in [0.1, 0.15) is 5.75 Å². The molecule has 0 radical (unpaired) electrons. The standard InChI is InChI=1S/C24H27N5O2S/c1-17-10-12-19(13-11-17)23-27-28-24(29(23)20-7-3-2-4-8-20)32-16-22(31)26-25-15-18-6-5-9-21(30)14-18/h5-6,9-15,20,30H,2-4,7-8,16H2,1H3,(H,26,31)/b25-15+. The zero-order valence-corrected chi connectivity index (χ0v) is 18.9. The molecule has 4 rings (SSSR count). The van der Waals surface area contributed by atoms with Crippen molar-refractivity contribution in [1.82, 2.24) is 20.2 Å². The third-order valence-electron chi connectivity index (χ3n) is 5.52. The Morgan fingerprint density at radius 3 is 2.72 bits per heavy atom. The SMILES string of the molecule is Cc1ccc(-c2nnc(SCC(=O)N/N=C/c3cccc(O)c3)n2C2CCCCC2)cc1. The number of aromatic hydroxyl groups is 1. The zero-order chi connectivity index (χ0) is 22.3. The highest BCUT2D eigenvalue weighted by molar-refractivity contribution is 7.99. The molecule has 1 saturated carbocycles. The van der Waals surface area contributed by atoms with Crippen molar-refractivity contribution < 1.29 is 9.90 Å². The van der Waals surface area contributed by atoms with E-state index in [1.165, 1.54) is 42.8 Å². The Balaban J connectivity index is 1.45. The molecule has 0 unspecified atom stereocenters. The summed E-state index contributed by atoms with van der Waals surface area (Å²) in [4.78, 5) is 12.3. The van der Waals surface area contributed by atoms with Gasteiger partial charge in [0.2, 0.25) is 0 Å². The minimum Gasteiger partial charge on any atom is -0.508 e. The fourth-order valence-electron chi connectivity index (χ4n) is 3.89. The number of carbonyl (C=O) groups is 1. The summed E-state index contributed by atoms with van der Waals surface area (Å²) in [7, 11) is 0.